The van der Waals surface area contributed by atoms with Crippen molar-refractivity contribution < 1.29 is 18.0 Å². The van der Waals surface area contributed by atoms with Crippen molar-refractivity contribution in [3.05, 3.63) is 0 Å². The van der Waals surface area contributed by atoms with Gasteiger partial charge in [-0.1, -0.05) is 6.42 Å². The van der Waals surface area contributed by atoms with Gasteiger partial charge in [0, 0.05) is 19.3 Å². The highest BCUT2D eigenvalue weighted by atomic mass is 19.4. The predicted molar refractivity (Wildman–Crippen MR) is 58.5 cm³/mol. The molecule has 0 amide bonds. The normalized spacial score (nSPS) is 32.1. The summed E-state index contributed by atoms with van der Waals surface area (Å²) in [5.74, 6) is 2.00. The minimum Gasteiger partial charge on any atom is -0.300 e. The fourth-order valence-electron chi connectivity index (χ4n) is 3.51. The molecule has 0 aromatic rings. The van der Waals surface area contributed by atoms with Crippen molar-refractivity contribution in [2.75, 3.05) is 0 Å². The van der Waals surface area contributed by atoms with Gasteiger partial charge >= 0.3 is 6.18 Å². The molecule has 2 aliphatic carbocycles. The molecule has 1 nitrogen and oxygen atoms in total. The highest BCUT2D eigenvalue weighted by Gasteiger charge is 2.39. The predicted octanol–water partition coefficient (Wildman–Crippen LogP) is 4.11. The molecular weight excluding hydrogens is 229 g/mol. The highest BCUT2D eigenvalue weighted by molar-refractivity contribution is 5.78. The third-order valence-electron chi connectivity index (χ3n) is 4.29. The van der Waals surface area contributed by atoms with E-state index in [1.165, 1.54) is 19.3 Å². The number of ketones is 1. The zero-order valence-electron chi connectivity index (χ0n) is 9.93. The topological polar surface area (TPSA) is 17.1 Å². The van der Waals surface area contributed by atoms with E-state index in [0.29, 0.717) is 18.3 Å². The molecule has 98 valence electrons. The lowest BCUT2D eigenvalue weighted by Crippen LogP contribution is -2.15. The number of alkyl halides is 3. The first-order chi connectivity index (χ1) is 7.94. The Morgan fingerprint density at radius 1 is 1.18 bits per heavy atom. The average Bonchev–Trinajstić information content (AvgIpc) is 2.76. The van der Waals surface area contributed by atoms with E-state index < -0.39 is 12.6 Å². The van der Waals surface area contributed by atoms with Gasteiger partial charge in [-0.25, -0.2) is 0 Å². The van der Waals surface area contributed by atoms with Crippen molar-refractivity contribution in [1.82, 2.24) is 0 Å². The standard InChI is InChI=1S/C13H19F3O/c14-13(15,16)5-1-2-12(17)8-11-7-9-3-4-10(11)6-9/h9-11H,1-8H2. The van der Waals surface area contributed by atoms with Gasteiger partial charge in [-0.15, -0.1) is 0 Å². The number of rotatable bonds is 5. The van der Waals surface area contributed by atoms with Gasteiger partial charge < -0.3 is 0 Å². The second-order valence-corrected chi connectivity index (χ2v) is 5.65. The van der Waals surface area contributed by atoms with Crippen LogP contribution in [0.2, 0.25) is 0 Å². The molecule has 3 atom stereocenters. The summed E-state index contributed by atoms with van der Waals surface area (Å²) in [5, 5.41) is 0. The number of fused-ring (bicyclic) bond motifs is 2. The van der Waals surface area contributed by atoms with Gasteiger partial charge in [-0.3, -0.25) is 4.79 Å². The monoisotopic (exact) mass is 248 g/mol. The Kier molecular flexibility index (Phi) is 3.79. The van der Waals surface area contributed by atoms with Crippen LogP contribution in [0.3, 0.4) is 0 Å². The molecular formula is C13H19F3O. The summed E-state index contributed by atoms with van der Waals surface area (Å²) in [6.45, 7) is 0. The van der Waals surface area contributed by atoms with Crippen molar-refractivity contribution in [2.24, 2.45) is 17.8 Å². The molecule has 0 spiro atoms. The molecule has 0 aromatic carbocycles. The van der Waals surface area contributed by atoms with Gasteiger partial charge in [0.2, 0.25) is 0 Å². The molecule has 2 fully saturated rings. The molecule has 0 saturated heterocycles. The summed E-state index contributed by atoms with van der Waals surface area (Å²) in [6.07, 6.45) is 0.558. The zero-order valence-corrected chi connectivity index (χ0v) is 9.93. The third-order valence-corrected chi connectivity index (χ3v) is 4.29. The smallest absolute Gasteiger partial charge is 0.300 e. The van der Waals surface area contributed by atoms with Crippen molar-refractivity contribution in [2.45, 2.75) is 57.5 Å². The molecule has 0 aliphatic heterocycles. The highest BCUT2D eigenvalue weighted by Crippen LogP contribution is 2.49. The summed E-state index contributed by atoms with van der Waals surface area (Å²) in [6, 6.07) is 0. The van der Waals surface area contributed by atoms with E-state index in [1.54, 1.807) is 0 Å². The maximum Gasteiger partial charge on any atom is 0.389 e. The Morgan fingerprint density at radius 3 is 2.47 bits per heavy atom. The first kappa shape index (κ1) is 12.9. The van der Waals surface area contributed by atoms with Crippen LogP contribution in [0.5, 0.6) is 0 Å². The van der Waals surface area contributed by atoms with Crippen molar-refractivity contribution in [3.8, 4) is 0 Å². The van der Waals surface area contributed by atoms with Crippen molar-refractivity contribution in [1.29, 1.82) is 0 Å². The molecule has 0 heterocycles. The second kappa shape index (κ2) is 4.99. The van der Waals surface area contributed by atoms with E-state index in [-0.39, 0.29) is 18.6 Å². The number of Topliss-reactive ketones (excluding diaryl/α,β-unsaturated/α-hetero) is 1. The summed E-state index contributed by atoms with van der Waals surface area (Å²) in [5.41, 5.74) is 0. The third kappa shape index (κ3) is 3.71. The first-order valence-corrected chi connectivity index (χ1v) is 6.52. The van der Waals surface area contributed by atoms with E-state index in [0.717, 1.165) is 12.3 Å². The number of hydrogen-bond donors (Lipinski definition) is 0. The maximum absolute atomic E-state index is 11.9. The van der Waals surface area contributed by atoms with Gasteiger partial charge in [0.1, 0.15) is 5.78 Å². The van der Waals surface area contributed by atoms with Crippen molar-refractivity contribution >= 4 is 5.78 Å². The fourth-order valence-corrected chi connectivity index (χ4v) is 3.51. The average molecular weight is 248 g/mol. The SMILES string of the molecule is O=C(CCCC(F)(F)F)CC1CC2CCC1C2. The zero-order chi connectivity index (χ0) is 12.5. The molecule has 4 heteroatoms. The Bertz CT molecular complexity index is 285. The quantitative estimate of drug-likeness (QED) is 0.715. The summed E-state index contributed by atoms with van der Waals surface area (Å²) >= 11 is 0. The van der Waals surface area contributed by atoms with Gasteiger partial charge in [-0.2, -0.15) is 13.2 Å². The minimum absolute atomic E-state index is 0.0341. The molecule has 2 aliphatic rings. The number of halogens is 3. The van der Waals surface area contributed by atoms with Crippen LogP contribution in [0.15, 0.2) is 0 Å². The van der Waals surface area contributed by atoms with Crippen LogP contribution < -0.4 is 0 Å². The molecule has 17 heavy (non-hydrogen) atoms. The molecule has 0 N–H and O–H groups in total. The maximum atomic E-state index is 11.9. The Hall–Kier alpha value is -0.540. The fraction of sp³-hybridized carbons (Fsp3) is 0.923. The molecule has 0 radical (unpaired) electrons. The largest absolute Gasteiger partial charge is 0.389 e. The molecule has 0 aromatic heterocycles. The Morgan fingerprint density at radius 2 is 1.94 bits per heavy atom. The van der Waals surface area contributed by atoms with E-state index >= 15 is 0 Å². The van der Waals surface area contributed by atoms with Crippen LogP contribution in [0.25, 0.3) is 0 Å². The van der Waals surface area contributed by atoms with Crippen LogP contribution in [0.1, 0.15) is 51.4 Å². The van der Waals surface area contributed by atoms with Crippen LogP contribution in [0, 0.1) is 17.8 Å². The minimum atomic E-state index is -4.12. The molecule has 2 saturated carbocycles. The van der Waals surface area contributed by atoms with Crippen LogP contribution in [-0.4, -0.2) is 12.0 Å². The van der Waals surface area contributed by atoms with E-state index in [4.69, 9.17) is 0 Å². The van der Waals surface area contributed by atoms with Gasteiger partial charge in [0.05, 0.1) is 0 Å². The molecule has 2 bridgehead atoms. The Balaban J connectivity index is 1.64. The van der Waals surface area contributed by atoms with Gasteiger partial charge in [-0.05, 0) is 43.4 Å². The molecule has 3 unspecified atom stereocenters. The number of hydrogen-bond acceptors (Lipinski definition) is 1. The van der Waals surface area contributed by atoms with E-state index in [9.17, 15) is 18.0 Å². The lowest BCUT2D eigenvalue weighted by atomic mass is 9.84. The first-order valence-electron chi connectivity index (χ1n) is 6.52. The van der Waals surface area contributed by atoms with Gasteiger partial charge in [0.15, 0.2) is 0 Å². The summed E-state index contributed by atoms with van der Waals surface area (Å²) in [4.78, 5) is 11.6. The molecule has 2 rings (SSSR count). The lowest BCUT2D eigenvalue weighted by molar-refractivity contribution is -0.137. The van der Waals surface area contributed by atoms with Crippen LogP contribution in [0.4, 0.5) is 13.2 Å². The summed E-state index contributed by atoms with van der Waals surface area (Å²) in [7, 11) is 0. The van der Waals surface area contributed by atoms with Crippen LogP contribution in [-0.2, 0) is 4.79 Å². The number of carbonyl (C=O) groups is 1. The van der Waals surface area contributed by atoms with E-state index in [2.05, 4.69) is 0 Å². The number of carbonyl (C=O) groups excluding carboxylic acids is 1. The Labute approximate surface area is 99.8 Å². The van der Waals surface area contributed by atoms with E-state index in [1.807, 2.05) is 0 Å². The second-order valence-electron chi connectivity index (χ2n) is 5.65. The van der Waals surface area contributed by atoms with Gasteiger partial charge in [0.25, 0.3) is 0 Å². The van der Waals surface area contributed by atoms with Crippen molar-refractivity contribution in [3.63, 3.8) is 0 Å². The lowest BCUT2D eigenvalue weighted by Gasteiger charge is -2.20. The summed E-state index contributed by atoms with van der Waals surface area (Å²) < 4.78 is 35.8. The van der Waals surface area contributed by atoms with Crippen LogP contribution >= 0.6 is 0 Å².